The molecule has 3 rings (SSSR count). The maximum atomic E-state index is 13.6. The summed E-state index contributed by atoms with van der Waals surface area (Å²) in [5, 5.41) is 2.92. The van der Waals surface area contributed by atoms with E-state index in [9.17, 15) is 14.0 Å². The molecule has 1 fully saturated rings. The summed E-state index contributed by atoms with van der Waals surface area (Å²) in [6.45, 7) is 8.28. The summed E-state index contributed by atoms with van der Waals surface area (Å²) >= 11 is 0. The molecule has 0 saturated carbocycles. The lowest BCUT2D eigenvalue weighted by atomic mass is 10.1. The number of rotatable bonds is 4. The molecule has 3 heterocycles. The van der Waals surface area contributed by atoms with Crippen LogP contribution in [0.2, 0.25) is 0 Å². The van der Waals surface area contributed by atoms with Crippen LogP contribution in [0.4, 0.5) is 9.18 Å². The number of likely N-dealkylation sites (tertiary alicyclic amines) is 1. The average Bonchev–Trinajstić information content (AvgIpc) is 2.60. The maximum absolute atomic E-state index is 13.6. The number of nitrogens with one attached hydrogen (secondary N) is 1. The fourth-order valence-corrected chi connectivity index (χ4v) is 3.39. The molecular formula is C20H27FN4O3. The zero-order chi connectivity index (χ0) is 20.3. The summed E-state index contributed by atoms with van der Waals surface area (Å²) in [5.74, 6) is -0.458. The number of alkyl carbamates (subject to hydrolysis) is 1. The van der Waals surface area contributed by atoms with Crippen molar-refractivity contribution >= 4 is 17.1 Å². The van der Waals surface area contributed by atoms with Crippen LogP contribution in [-0.4, -0.2) is 51.8 Å². The molecule has 1 saturated heterocycles. The van der Waals surface area contributed by atoms with Gasteiger partial charge in [0.15, 0.2) is 0 Å². The minimum Gasteiger partial charge on any atom is -0.444 e. The highest BCUT2D eigenvalue weighted by atomic mass is 19.1. The Morgan fingerprint density at radius 2 is 2.00 bits per heavy atom. The molecule has 2 aromatic rings. The highest BCUT2D eigenvalue weighted by molar-refractivity contribution is 5.74. The van der Waals surface area contributed by atoms with Crippen molar-refractivity contribution in [3.05, 3.63) is 40.6 Å². The molecular weight excluding hydrogens is 363 g/mol. The maximum Gasteiger partial charge on any atom is 0.407 e. The van der Waals surface area contributed by atoms with Crippen LogP contribution in [0.1, 0.15) is 33.6 Å². The van der Waals surface area contributed by atoms with Gasteiger partial charge in [0.25, 0.3) is 5.56 Å². The SMILES string of the molecule is CC(C)(C)OC(=O)NC1CCN(CCn2c(=O)ccc3ncc(F)cc32)CC1. The van der Waals surface area contributed by atoms with Crippen molar-refractivity contribution in [1.29, 1.82) is 0 Å². The molecule has 7 nitrogen and oxygen atoms in total. The van der Waals surface area contributed by atoms with E-state index in [0.29, 0.717) is 24.1 Å². The van der Waals surface area contributed by atoms with Crippen LogP contribution in [0.5, 0.6) is 0 Å². The number of nitrogens with zero attached hydrogens (tertiary/aromatic N) is 3. The first-order valence-corrected chi connectivity index (χ1v) is 9.58. The summed E-state index contributed by atoms with van der Waals surface area (Å²) < 4.78 is 20.4. The van der Waals surface area contributed by atoms with Gasteiger partial charge in [-0.1, -0.05) is 0 Å². The number of halogens is 1. The Morgan fingerprint density at radius 3 is 2.68 bits per heavy atom. The number of aromatic nitrogens is 2. The van der Waals surface area contributed by atoms with Crippen LogP contribution in [0, 0.1) is 5.82 Å². The minimum absolute atomic E-state index is 0.0877. The number of piperidine rings is 1. The highest BCUT2D eigenvalue weighted by Crippen LogP contribution is 2.14. The van der Waals surface area contributed by atoms with Crippen molar-refractivity contribution in [3.8, 4) is 0 Å². The third-order valence-electron chi connectivity index (χ3n) is 4.75. The van der Waals surface area contributed by atoms with E-state index in [1.54, 1.807) is 10.6 Å². The molecule has 0 atom stereocenters. The highest BCUT2D eigenvalue weighted by Gasteiger charge is 2.23. The van der Waals surface area contributed by atoms with E-state index in [4.69, 9.17) is 4.74 Å². The third kappa shape index (κ3) is 5.28. The third-order valence-corrected chi connectivity index (χ3v) is 4.75. The first-order chi connectivity index (χ1) is 13.2. The number of ether oxygens (including phenoxy) is 1. The number of carbonyl (C=O) groups excluding carboxylic acids is 1. The van der Waals surface area contributed by atoms with Gasteiger partial charge in [-0.05, 0) is 39.7 Å². The van der Waals surface area contributed by atoms with Gasteiger partial charge in [-0.3, -0.25) is 9.78 Å². The smallest absolute Gasteiger partial charge is 0.407 e. The van der Waals surface area contributed by atoms with Crippen LogP contribution in [-0.2, 0) is 11.3 Å². The molecule has 0 spiro atoms. The molecule has 1 N–H and O–H groups in total. The fraction of sp³-hybridized carbons (Fsp3) is 0.550. The van der Waals surface area contributed by atoms with E-state index >= 15 is 0 Å². The lowest BCUT2D eigenvalue weighted by Crippen LogP contribution is -2.46. The van der Waals surface area contributed by atoms with Gasteiger partial charge in [0, 0.05) is 44.4 Å². The van der Waals surface area contributed by atoms with Crippen molar-refractivity contribution < 1.29 is 13.9 Å². The summed E-state index contributed by atoms with van der Waals surface area (Å²) in [6.07, 6.45) is 2.40. The van der Waals surface area contributed by atoms with Gasteiger partial charge in [0.2, 0.25) is 0 Å². The first-order valence-electron chi connectivity index (χ1n) is 9.58. The molecule has 152 valence electrons. The monoisotopic (exact) mass is 390 g/mol. The van der Waals surface area contributed by atoms with E-state index in [0.717, 1.165) is 32.1 Å². The van der Waals surface area contributed by atoms with Gasteiger partial charge in [-0.2, -0.15) is 0 Å². The molecule has 8 heteroatoms. The molecule has 0 aromatic carbocycles. The first kappa shape index (κ1) is 20.3. The van der Waals surface area contributed by atoms with E-state index in [1.807, 2.05) is 20.8 Å². The van der Waals surface area contributed by atoms with Gasteiger partial charge in [0.05, 0.1) is 17.2 Å². The van der Waals surface area contributed by atoms with Crippen molar-refractivity contribution in [1.82, 2.24) is 19.8 Å². The average molecular weight is 390 g/mol. The molecule has 1 amide bonds. The normalized spacial score (nSPS) is 16.3. The van der Waals surface area contributed by atoms with E-state index in [2.05, 4.69) is 15.2 Å². The number of fused-ring (bicyclic) bond motifs is 1. The van der Waals surface area contributed by atoms with Crippen LogP contribution in [0.3, 0.4) is 0 Å². The van der Waals surface area contributed by atoms with Crippen molar-refractivity contribution in [2.45, 2.75) is 51.8 Å². The Hall–Kier alpha value is -2.48. The predicted molar refractivity (Wildman–Crippen MR) is 105 cm³/mol. The number of pyridine rings is 2. The second kappa shape index (κ2) is 8.26. The Balaban J connectivity index is 1.54. The minimum atomic E-state index is -0.509. The molecule has 1 aliphatic heterocycles. The van der Waals surface area contributed by atoms with Gasteiger partial charge in [-0.25, -0.2) is 9.18 Å². The zero-order valence-electron chi connectivity index (χ0n) is 16.6. The second-order valence-corrected chi connectivity index (χ2v) is 8.14. The summed E-state index contributed by atoms with van der Waals surface area (Å²) in [6, 6.07) is 4.51. The van der Waals surface area contributed by atoms with Crippen LogP contribution < -0.4 is 10.9 Å². The predicted octanol–water partition coefficient (Wildman–Crippen LogP) is 2.52. The second-order valence-electron chi connectivity index (χ2n) is 8.14. The fourth-order valence-electron chi connectivity index (χ4n) is 3.39. The molecule has 1 aliphatic rings. The molecule has 28 heavy (non-hydrogen) atoms. The molecule has 0 aliphatic carbocycles. The quantitative estimate of drug-likeness (QED) is 0.868. The Bertz CT molecular complexity index is 898. The number of carbonyl (C=O) groups is 1. The summed E-state index contributed by atoms with van der Waals surface area (Å²) in [4.78, 5) is 30.4. The molecule has 2 aromatic heterocycles. The summed E-state index contributed by atoms with van der Waals surface area (Å²) in [5.41, 5.74) is 0.432. The summed E-state index contributed by atoms with van der Waals surface area (Å²) in [7, 11) is 0. The number of hydrogen-bond acceptors (Lipinski definition) is 5. The van der Waals surface area contributed by atoms with Crippen LogP contribution in [0.25, 0.3) is 11.0 Å². The van der Waals surface area contributed by atoms with Gasteiger partial charge in [0.1, 0.15) is 11.4 Å². The van der Waals surface area contributed by atoms with Crippen molar-refractivity contribution in [2.75, 3.05) is 19.6 Å². The Morgan fingerprint density at radius 1 is 1.29 bits per heavy atom. The Kier molecular flexibility index (Phi) is 5.98. The molecule has 0 radical (unpaired) electrons. The van der Waals surface area contributed by atoms with Crippen LogP contribution >= 0.6 is 0 Å². The lowest BCUT2D eigenvalue weighted by Gasteiger charge is -2.33. The van der Waals surface area contributed by atoms with Gasteiger partial charge in [-0.15, -0.1) is 0 Å². The van der Waals surface area contributed by atoms with Crippen molar-refractivity contribution in [3.63, 3.8) is 0 Å². The largest absolute Gasteiger partial charge is 0.444 e. The van der Waals surface area contributed by atoms with Crippen molar-refractivity contribution in [2.24, 2.45) is 0 Å². The molecule has 0 bridgehead atoms. The van der Waals surface area contributed by atoms with E-state index in [-0.39, 0.29) is 17.7 Å². The van der Waals surface area contributed by atoms with E-state index < -0.39 is 11.4 Å². The zero-order valence-corrected chi connectivity index (χ0v) is 16.6. The topological polar surface area (TPSA) is 76.5 Å². The van der Waals surface area contributed by atoms with Gasteiger partial charge < -0.3 is 19.5 Å². The van der Waals surface area contributed by atoms with Gasteiger partial charge >= 0.3 is 6.09 Å². The standard InChI is InChI=1S/C20H27FN4O3/c1-20(2,3)28-19(27)23-15-6-8-24(9-7-15)10-11-25-17-12-14(21)13-22-16(17)4-5-18(25)26/h4-5,12-13,15H,6-11H2,1-3H3,(H,23,27). The number of hydrogen-bond donors (Lipinski definition) is 1. The molecule has 0 unspecified atom stereocenters. The number of amides is 1. The van der Waals surface area contributed by atoms with Crippen LogP contribution in [0.15, 0.2) is 29.2 Å². The van der Waals surface area contributed by atoms with E-state index in [1.165, 1.54) is 12.1 Å². The lowest BCUT2D eigenvalue weighted by molar-refractivity contribution is 0.0478. The Labute approximate surface area is 163 Å².